The molecule has 2 fully saturated rings. The third kappa shape index (κ3) is 3.14. The monoisotopic (exact) mass is 273 g/mol. The Hall–Kier alpha value is -1.09. The van der Waals surface area contributed by atoms with Gasteiger partial charge >= 0.3 is 0 Å². The molecule has 2 heterocycles. The number of anilines is 1. The highest BCUT2D eigenvalue weighted by atomic mass is 15.2. The molecule has 0 bridgehead atoms. The van der Waals surface area contributed by atoms with E-state index in [-0.39, 0.29) is 0 Å². The Morgan fingerprint density at radius 2 is 2.20 bits per heavy atom. The molecule has 0 aromatic carbocycles. The van der Waals surface area contributed by atoms with Gasteiger partial charge in [-0.3, -0.25) is 4.90 Å². The first kappa shape index (κ1) is 13.9. The van der Waals surface area contributed by atoms with Crippen LogP contribution in [0, 0.1) is 5.92 Å². The van der Waals surface area contributed by atoms with Crippen LogP contribution in [0.3, 0.4) is 0 Å². The smallest absolute Gasteiger partial charge is 0.126 e. The fourth-order valence-corrected chi connectivity index (χ4v) is 3.91. The predicted octanol–water partition coefficient (Wildman–Crippen LogP) is 3.67. The molecular weight excluding hydrogens is 246 g/mol. The molecule has 0 spiro atoms. The van der Waals surface area contributed by atoms with Crippen LogP contribution in [0.5, 0.6) is 0 Å². The van der Waals surface area contributed by atoms with Crippen molar-refractivity contribution in [2.75, 3.05) is 18.4 Å². The van der Waals surface area contributed by atoms with E-state index >= 15 is 0 Å². The lowest BCUT2D eigenvalue weighted by molar-refractivity contribution is 0.106. The van der Waals surface area contributed by atoms with E-state index in [4.69, 9.17) is 0 Å². The second-order valence-corrected chi connectivity index (χ2v) is 6.35. The maximum absolute atomic E-state index is 4.41. The number of aromatic nitrogens is 1. The summed E-state index contributed by atoms with van der Waals surface area (Å²) in [7, 11) is 0. The molecule has 20 heavy (non-hydrogen) atoms. The van der Waals surface area contributed by atoms with E-state index in [2.05, 4.69) is 34.3 Å². The minimum atomic E-state index is 0.851. The normalized spacial score (nSPS) is 26.4. The average molecular weight is 273 g/mol. The van der Waals surface area contributed by atoms with Gasteiger partial charge in [0.2, 0.25) is 0 Å². The molecule has 0 radical (unpaired) electrons. The second-order valence-electron chi connectivity index (χ2n) is 6.35. The van der Waals surface area contributed by atoms with Crippen molar-refractivity contribution in [2.24, 2.45) is 5.92 Å². The van der Waals surface area contributed by atoms with Gasteiger partial charge in [-0.1, -0.05) is 13.3 Å². The van der Waals surface area contributed by atoms with Crippen molar-refractivity contribution in [3.8, 4) is 0 Å². The minimum Gasteiger partial charge on any atom is -0.370 e. The van der Waals surface area contributed by atoms with Gasteiger partial charge in [-0.15, -0.1) is 0 Å². The Kier molecular flexibility index (Phi) is 4.56. The van der Waals surface area contributed by atoms with E-state index < -0.39 is 0 Å². The Morgan fingerprint density at radius 3 is 3.10 bits per heavy atom. The lowest BCUT2D eigenvalue weighted by Crippen LogP contribution is -2.41. The van der Waals surface area contributed by atoms with Crippen molar-refractivity contribution in [1.82, 2.24) is 9.88 Å². The first-order chi connectivity index (χ1) is 9.86. The molecule has 3 nitrogen and oxygen atoms in total. The fraction of sp³-hybridized carbons (Fsp3) is 0.706. The van der Waals surface area contributed by atoms with Crippen LogP contribution < -0.4 is 5.32 Å². The standard InChI is InChI=1S/C17H27N3/c1-2-9-18-17-12-14(8-10-19-17)13-20-11-4-6-15-5-3-7-16(15)20/h8,10,12,15-16H,2-7,9,11,13H2,1H3,(H,18,19). The van der Waals surface area contributed by atoms with Gasteiger partial charge in [-0.2, -0.15) is 0 Å². The van der Waals surface area contributed by atoms with Gasteiger partial charge in [0.15, 0.2) is 0 Å². The summed E-state index contributed by atoms with van der Waals surface area (Å²) >= 11 is 0. The summed E-state index contributed by atoms with van der Waals surface area (Å²) in [5.41, 5.74) is 1.41. The number of hydrogen-bond donors (Lipinski definition) is 1. The minimum absolute atomic E-state index is 0.851. The molecule has 1 aromatic rings. The molecule has 1 aliphatic heterocycles. The first-order valence-corrected chi connectivity index (χ1v) is 8.29. The van der Waals surface area contributed by atoms with Gasteiger partial charge in [-0.25, -0.2) is 4.98 Å². The summed E-state index contributed by atoms with van der Waals surface area (Å²) in [6.45, 7) is 5.57. The highest BCUT2D eigenvalue weighted by molar-refractivity contribution is 5.37. The van der Waals surface area contributed by atoms with Crippen LogP contribution in [0.15, 0.2) is 18.3 Å². The number of nitrogens with one attached hydrogen (secondary N) is 1. The molecule has 1 aliphatic carbocycles. The van der Waals surface area contributed by atoms with Crippen molar-refractivity contribution >= 4 is 5.82 Å². The summed E-state index contributed by atoms with van der Waals surface area (Å²) in [6.07, 6.45) is 10.2. The summed E-state index contributed by atoms with van der Waals surface area (Å²) in [5.74, 6) is 2.01. The number of fused-ring (bicyclic) bond motifs is 1. The second kappa shape index (κ2) is 6.57. The molecule has 1 aromatic heterocycles. The SMILES string of the molecule is CCCNc1cc(CN2CCCC3CCCC32)ccn1. The predicted molar refractivity (Wildman–Crippen MR) is 83.8 cm³/mol. The third-order valence-corrected chi connectivity index (χ3v) is 4.87. The topological polar surface area (TPSA) is 28.2 Å². The Labute approximate surface area is 122 Å². The summed E-state index contributed by atoms with van der Waals surface area (Å²) in [4.78, 5) is 7.13. The molecule has 110 valence electrons. The van der Waals surface area contributed by atoms with E-state index in [1.54, 1.807) is 0 Å². The quantitative estimate of drug-likeness (QED) is 0.887. The zero-order chi connectivity index (χ0) is 13.8. The van der Waals surface area contributed by atoms with Crippen LogP contribution >= 0.6 is 0 Å². The van der Waals surface area contributed by atoms with E-state index in [0.717, 1.165) is 37.3 Å². The van der Waals surface area contributed by atoms with Gasteiger partial charge < -0.3 is 5.32 Å². The van der Waals surface area contributed by atoms with Crippen molar-refractivity contribution in [1.29, 1.82) is 0 Å². The number of nitrogens with zero attached hydrogens (tertiary/aromatic N) is 2. The maximum Gasteiger partial charge on any atom is 0.126 e. The molecule has 1 saturated heterocycles. The molecule has 1 N–H and O–H groups in total. The van der Waals surface area contributed by atoms with Gasteiger partial charge in [0.1, 0.15) is 5.82 Å². The molecular formula is C17H27N3. The largest absolute Gasteiger partial charge is 0.370 e. The first-order valence-electron chi connectivity index (χ1n) is 8.29. The highest BCUT2D eigenvalue weighted by Gasteiger charge is 2.34. The molecule has 2 aliphatic rings. The summed E-state index contributed by atoms with van der Waals surface area (Å²) in [5, 5.41) is 3.39. The van der Waals surface area contributed by atoms with Gasteiger partial charge in [0, 0.05) is 25.3 Å². The zero-order valence-electron chi connectivity index (χ0n) is 12.6. The van der Waals surface area contributed by atoms with Crippen LogP contribution in [-0.2, 0) is 6.54 Å². The molecule has 3 heteroatoms. The molecule has 2 atom stereocenters. The zero-order valence-corrected chi connectivity index (χ0v) is 12.6. The summed E-state index contributed by atoms with van der Waals surface area (Å²) in [6, 6.07) is 5.26. The number of hydrogen-bond acceptors (Lipinski definition) is 3. The number of pyridine rings is 1. The van der Waals surface area contributed by atoms with E-state index in [0.29, 0.717) is 0 Å². The Balaban J connectivity index is 1.64. The number of likely N-dealkylation sites (tertiary alicyclic amines) is 1. The molecule has 2 unspecified atom stereocenters. The molecule has 3 rings (SSSR count). The Bertz CT molecular complexity index is 432. The molecule has 0 amide bonds. The van der Waals surface area contributed by atoms with Crippen molar-refractivity contribution < 1.29 is 0 Å². The fourth-order valence-electron chi connectivity index (χ4n) is 3.91. The lowest BCUT2D eigenvalue weighted by Gasteiger charge is -2.37. The summed E-state index contributed by atoms with van der Waals surface area (Å²) < 4.78 is 0. The van der Waals surface area contributed by atoms with Crippen LogP contribution in [-0.4, -0.2) is 29.0 Å². The number of rotatable bonds is 5. The van der Waals surface area contributed by atoms with Gasteiger partial charge in [0.25, 0.3) is 0 Å². The number of piperidine rings is 1. The Morgan fingerprint density at radius 1 is 1.30 bits per heavy atom. The van der Waals surface area contributed by atoms with Gasteiger partial charge in [0.05, 0.1) is 0 Å². The van der Waals surface area contributed by atoms with Crippen molar-refractivity contribution in [2.45, 2.75) is 58.0 Å². The van der Waals surface area contributed by atoms with Crippen LogP contribution in [0.1, 0.15) is 51.0 Å². The average Bonchev–Trinajstić information content (AvgIpc) is 2.95. The van der Waals surface area contributed by atoms with E-state index in [1.165, 1.54) is 44.2 Å². The van der Waals surface area contributed by atoms with Crippen LogP contribution in [0.25, 0.3) is 0 Å². The molecule has 1 saturated carbocycles. The lowest BCUT2D eigenvalue weighted by atomic mass is 9.91. The van der Waals surface area contributed by atoms with Crippen LogP contribution in [0.4, 0.5) is 5.82 Å². The van der Waals surface area contributed by atoms with Crippen molar-refractivity contribution in [3.05, 3.63) is 23.9 Å². The van der Waals surface area contributed by atoms with E-state index in [1.807, 2.05) is 6.20 Å². The van der Waals surface area contributed by atoms with E-state index in [9.17, 15) is 0 Å². The van der Waals surface area contributed by atoms with Crippen LogP contribution in [0.2, 0.25) is 0 Å². The van der Waals surface area contributed by atoms with Gasteiger partial charge in [-0.05, 0) is 62.3 Å². The highest BCUT2D eigenvalue weighted by Crippen LogP contribution is 2.37. The third-order valence-electron chi connectivity index (χ3n) is 4.87. The maximum atomic E-state index is 4.41. The van der Waals surface area contributed by atoms with Crippen molar-refractivity contribution in [3.63, 3.8) is 0 Å².